The van der Waals surface area contributed by atoms with Crippen molar-refractivity contribution < 1.29 is 27.9 Å². The molecule has 2 aromatic rings. The van der Waals surface area contributed by atoms with Gasteiger partial charge in [-0.25, -0.2) is 13.4 Å². The number of fused-ring (bicyclic) bond motifs is 2. The predicted octanol–water partition coefficient (Wildman–Crippen LogP) is 0.443. The number of hydrogen-bond acceptors (Lipinski definition) is 6. The Morgan fingerprint density at radius 2 is 2.19 bits per heavy atom. The van der Waals surface area contributed by atoms with Crippen LogP contribution in [0.1, 0.15) is 23.2 Å². The van der Waals surface area contributed by atoms with Crippen molar-refractivity contribution in [3.8, 4) is 0 Å². The van der Waals surface area contributed by atoms with E-state index >= 15 is 0 Å². The van der Waals surface area contributed by atoms with Gasteiger partial charge in [0.25, 0.3) is 12.4 Å². The second-order valence-electron chi connectivity index (χ2n) is 8.46. The number of amides is 1. The number of aryl methyl sites for hydroxylation is 1. The maximum absolute atomic E-state index is 12.7. The zero-order valence-electron chi connectivity index (χ0n) is 17.4. The van der Waals surface area contributed by atoms with Gasteiger partial charge in [0.2, 0.25) is 10.0 Å². The highest BCUT2D eigenvalue weighted by molar-refractivity contribution is 7.88. The number of nitrogens with one attached hydrogen (secondary N) is 1. The SMILES string of the molecule is Cn1cnc2cc(C(=O)NC[C@H]3[C@H]4CN(S(C)(=O)=O)C[C@]45CC[C@H]3O5)ccc21.O=CO. The van der Waals surface area contributed by atoms with Gasteiger partial charge in [-0.3, -0.25) is 9.59 Å². The summed E-state index contributed by atoms with van der Waals surface area (Å²) < 4.78 is 33.7. The maximum Gasteiger partial charge on any atom is 0.290 e. The molecule has 5 rings (SSSR count). The van der Waals surface area contributed by atoms with Gasteiger partial charge in [-0.2, -0.15) is 4.31 Å². The van der Waals surface area contributed by atoms with Gasteiger partial charge in [0.15, 0.2) is 0 Å². The Hall–Kier alpha value is -2.50. The Balaban J connectivity index is 0.000000730. The molecule has 1 spiro atoms. The third-order valence-electron chi connectivity index (χ3n) is 6.71. The lowest BCUT2D eigenvalue weighted by molar-refractivity contribution is -0.122. The molecule has 1 aromatic carbocycles. The molecule has 2 N–H and O–H groups in total. The van der Waals surface area contributed by atoms with Crippen molar-refractivity contribution in [3.63, 3.8) is 0 Å². The Morgan fingerprint density at radius 3 is 2.90 bits per heavy atom. The van der Waals surface area contributed by atoms with E-state index < -0.39 is 10.0 Å². The van der Waals surface area contributed by atoms with Crippen LogP contribution < -0.4 is 5.32 Å². The van der Waals surface area contributed by atoms with Crippen molar-refractivity contribution >= 4 is 33.4 Å². The molecule has 1 aromatic heterocycles. The van der Waals surface area contributed by atoms with Crippen molar-refractivity contribution in [1.29, 1.82) is 0 Å². The molecule has 3 aliphatic heterocycles. The van der Waals surface area contributed by atoms with Crippen molar-refractivity contribution in [2.24, 2.45) is 18.9 Å². The highest BCUT2D eigenvalue weighted by Gasteiger charge is 2.63. The molecule has 3 aliphatic rings. The first-order valence-electron chi connectivity index (χ1n) is 10.1. The molecule has 0 aliphatic carbocycles. The van der Waals surface area contributed by atoms with E-state index in [1.807, 2.05) is 17.7 Å². The number of hydrogen-bond donors (Lipinski definition) is 2. The molecule has 3 saturated heterocycles. The van der Waals surface area contributed by atoms with E-state index in [2.05, 4.69) is 10.3 Å². The fourth-order valence-electron chi connectivity index (χ4n) is 5.26. The molecule has 10 nitrogen and oxygen atoms in total. The number of rotatable bonds is 4. The molecule has 3 fully saturated rings. The highest BCUT2D eigenvalue weighted by Crippen LogP contribution is 2.55. The topological polar surface area (TPSA) is 131 Å². The molecule has 1 amide bonds. The first kappa shape index (κ1) is 21.7. The molecule has 11 heteroatoms. The van der Waals surface area contributed by atoms with Crippen molar-refractivity contribution in [1.82, 2.24) is 19.2 Å². The van der Waals surface area contributed by atoms with Crippen LogP contribution >= 0.6 is 0 Å². The van der Waals surface area contributed by atoms with Gasteiger partial charge in [0.05, 0.1) is 35.3 Å². The number of aromatic nitrogens is 2. The third kappa shape index (κ3) is 3.81. The van der Waals surface area contributed by atoms with Crippen LogP contribution in [-0.2, 0) is 26.6 Å². The van der Waals surface area contributed by atoms with Gasteiger partial charge in [0, 0.05) is 44.1 Å². The predicted molar refractivity (Wildman–Crippen MR) is 112 cm³/mol. The third-order valence-corrected chi connectivity index (χ3v) is 7.92. The van der Waals surface area contributed by atoms with E-state index in [0.717, 1.165) is 23.9 Å². The normalized spacial score (nSPS) is 29.4. The number of nitrogens with zero attached hydrogens (tertiary/aromatic N) is 3. The zero-order valence-corrected chi connectivity index (χ0v) is 18.2. The van der Waals surface area contributed by atoms with Gasteiger partial charge >= 0.3 is 0 Å². The van der Waals surface area contributed by atoms with Gasteiger partial charge < -0.3 is 19.7 Å². The van der Waals surface area contributed by atoms with E-state index in [1.54, 1.807) is 18.5 Å². The smallest absolute Gasteiger partial charge is 0.290 e. The quantitative estimate of drug-likeness (QED) is 0.647. The van der Waals surface area contributed by atoms with Gasteiger partial charge in [-0.05, 0) is 31.0 Å². The van der Waals surface area contributed by atoms with Gasteiger partial charge in [0.1, 0.15) is 0 Å². The Bertz CT molecular complexity index is 1120. The van der Waals surface area contributed by atoms with Crippen LogP contribution in [0.15, 0.2) is 24.5 Å². The van der Waals surface area contributed by atoms with Crippen LogP contribution in [0.25, 0.3) is 11.0 Å². The molecule has 0 radical (unpaired) electrons. The summed E-state index contributed by atoms with van der Waals surface area (Å²) in [5, 5.41) is 9.93. The Labute approximate surface area is 180 Å². The summed E-state index contributed by atoms with van der Waals surface area (Å²) in [7, 11) is -1.32. The minimum absolute atomic E-state index is 0.102. The van der Waals surface area contributed by atoms with E-state index in [-0.39, 0.29) is 35.9 Å². The van der Waals surface area contributed by atoms with E-state index in [0.29, 0.717) is 25.2 Å². The number of ether oxygens (including phenoxy) is 1. The fourth-order valence-corrected chi connectivity index (χ4v) is 6.15. The lowest BCUT2D eigenvalue weighted by atomic mass is 9.73. The first-order valence-corrected chi connectivity index (χ1v) is 11.9. The number of sulfonamides is 1. The molecule has 0 saturated carbocycles. The molecule has 0 unspecified atom stereocenters. The van der Waals surface area contributed by atoms with Crippen LogP contribution in [0.5, 0.6) is 0 Å². The van der Waals surface area contributed by atoms with Crippen LogP contribution in [0.4, 0.5) is 0 Å². The second kappa shape index (κ2) is 7.88. The minimum Gasteiger partial charge on any atom is -0.483 e. The Morgan fingerprint density at radius 1 is 1.45 bits per heavy atom. The summed E-state index contributed by atoms with van der Waals surface area (Å²) in [4.78, 5) is 25.3. The summed E-state index contributed by atoms with van der Waals surface area (Å²) >= 11 is 0. The summed E-state index contributed by atoms with van der Waals surface area (Å²) in [6.45, 7) is 1.16. The number of carboxylic acid groups (broad SMARTS) is 1. The van der Waals surface area contributed by atoms with Crippen molar-refractivity contribution in [2.45, 2.75) is 24.5 Å². The number of benzene rings is 1. The maximum atomic E-state index is 12.7. The first-order chi connectivity index (χ1) is 14.7. The molecular weight excluding hydrogens is 424 g/mol. The molecule has 4 atom stereocenters. The zero-order chi connectivity index (χ0) is 22.4. The van der Waals surface area contributed by atoms with Gasteiger partial charge in [-0.15, -0.1) is 0 Å². The number of carbonyl (C=O) groups excluding carboxylic acids is 1. The van der Waals surface area contributed by atoms with Crippen LogP contribution in [-0.4, -0.2) is 77.4 Å². The standard InChI is InChI=1S/C19H24N4O4S.CH2O2/c1-22-11-21-15-7-12(3-4-16(15)22)18(24)20-8-13-14-9-23(28(2,25)26)10-19(14)6-5-17(13)27-19;2-1-3/h3-4,7,11,13-14,17H,5-6,8-10H2,1-2H3,(H,20,24);1H,(H,2,3)/t13-,14+,17+,19+;/m0./s1. The number of carbonyl (C=O) groups is 2. The largest absolute Gasteiger partial charge is 0.483 e. The highest BCUT2D eigenvalue weighted by atomic mass is 32.2. The van der Waals surface area contributed by atoms with Crippen molar-refractivity contribution in [2.75, 3.05) is 25.9 Å². The van der Waals surface area contributed by atoms with Crippen LogP contribution in [0, 0.1) is 11.8 Å². The molecule has 31 heavy (non-hydrogen) atoms. The fraction of sp³-hybridized carbons (Fsp3) is 0.550. The molecule has 168 valence electrons. The monoisotopic (exact) mass is 450 g/mol. The second-order valence-corrected chi connectivity index (χ2v) is 10.4. The molecule has 2 bridgehead atoms. The van der Waals surface area contributed by atoms with Crippen LogP contribution in [0.3, 0.4) is 0 Å². The van der Waals surface area contributed by atoms with Gasteiger partial charge in [-0.1, -0.05) is 0 Å². The Kier molecular flexibility index (Phi) is 5.52. The van der Waals surface area contributed by atoms with E-state index in [9.17, 15) is 13.2 Å². The lowest BCUT2D eigenvalue weighted by Crippen LogP contribution is -2.41. The average Bonchev–Trinajstić information content (AvgIpc) is 3.46. The summed E-state index contributed by atoms with van der Waals surface area (Å²) in [6, 6.07) is 5.50. The summed E-state index contributed by atoms with van der Waals surface area (Å²) in [6.07, 6.45) is 4.91. The minimum atomic E-state index is -3.23. The van der Waals surface area contributed by atoms with E-state index in [1.165, 1.54) is 10.6 Å². The van der Waals surface area contributed by atoms with Crippen LogP contribution in [0.2, 0.25) is 0 Å². The molecule has 4 heterocycles. The number of imidazole rings is 1. The summed E-state index contributed by atoms with van der Waals surface area (Å²) in [5.41, 5.74) is 1.98. The molecular formula is C20H26N4O6S. The van der Waals surface area contributed by atoms with Crippen molar-refractivity contribution in [3.05, 3.63) is 30.1 Å². The lowest BCUT2D eigenvalue weighted by Gasteiger charge is -2.29. The average molecular weight is 451 g/mol. The van der Waals surface area contributed by atoms with E-state index in [4.69, 9.17) is 14.6 Å². The summed E-state index contributed by atoms with van der Waals surface area (Å²) in [5.74, 6) is 0.143.